The highest BCUT2D eigenvalue weighted by molar-refractivity contribution is 5.54. The van der Waals surface area contributed by atoms with Crippen LogP contribution in [0.5, 0.6) is 0 Å². The molecule has 0 unspecified atom stereocenters. The van der Waals surface area contributed by atoms with E-state index in [0.717, 1.165) is 12.3 Å². The van der Waals surface area contributed by atoms with E-state index in [0.29, 0.717) is 5.41 Å². The van der Waals surface area contributed by atoms with Gasteiger partial charge < -0.3 is 0 Å². The quantitative estimate of drug-likeness (QED) is 0.397. The zero-order valence-corrected chi connectivity index (χ0v) is 14.2. The first-order chi connectivity index (χ1) is 9.60. The van der Waals surface area contributed by atoms with Crippen LogP contribution in [0.4, 0.5) is 0 Å². The van der Waals surface area contributed by atoms with Gasteiger partial charge in [0.05, 0.1) is 0 Å². The maximum absolute atomic E-state index is 4.24. The predicted molar refractivity (Wildman–Crippen MR) is 91.3 cm³/mol. The Hall–Kier alpha value is -0.850. The third kappa shape index (κ3) is 4.61. The molecule has 0 spiro atoms. The number of allylic oxidation sites excluding steroid dienone is 3. The third-order valence-electron chi connectivity index (χ3n) is 5.37. The first kappa shape index (κ1) is 17.2. The van der Waals surface area contributed by atoms with Crippen LogP contribution >= 0.6 is 0 Å². The molecule has 0 aromatic heterocycles. The van der Waals surface area contributed by atoms with Gasteiger partial charge in [-0.15, -0.1) is 0 Å². The zero-order chi connectivity index (χ0) is 15.0. The van der Waals surface area contributed by atoms with Crippen molar-refractivity contribution in [1.29, 1.82) is 0 Å². The number of aliphatic imine (C=N–C) groups is 1. The fraction of sp³-hybridized carbons (Fsp3) is 0.737. The highest BCUT2D eigenvalue weighted by atomic mass is 14.7. The topological polar surface area (TPSA) is 12.4 Å². The van der Waals surface area contributed by atoms with E-state index in [1.54, 1.807) is 5.57 Å². The van der Waals surface area contributed by atoms with Gasteiger partial charge in [0.15, 0.2) is 0 Å². The minimum absolute atomic E-state index is 0.646. The van der Waals surface area contributed by atoms with Crippen LogP contribution in [0.3, 0.4) is 0 Å². The second-order valence-electron chi connectivity index (χ2n) is 6.40. The van der Waals surface area contributed by atoms with Crippen molar-refractivity contribution in [2.24, 2.45) is 16.3 Å². The van der Waals surface area contributed by atoms with E-state index in [9.17, 15) is 0 Å². The molecule has 0 bridgehead atoms. The lowest BCUT2D eigenvalue weighted by Gasteiger charge is -2.40. The van der Waals surface area contributed by atoms with Crippen molar-refractivity contribution in [3.05, 3.63) is 23.4 Å². The summed E-state index contributed by atoms with van der Waals surface area (Å²) in [5.74, 6) is 0.806. The van der Waals surface area contributed by atoms with Crippen LogP contribution in [0.1, 0.15) is 79.6 Å². The zero-order valence-electron chi connectivity index (χ0n) is 14.2. The first-order valence-corrected chi connectivity index (χ1v) is 8.39. The summed E-state index contributed by atoms with van der Waals surface area (Å²) in [6, 6.07) is 0. The molecule has 0 N–H and O–H groups in total. The van der Waals surface area contributed by atoms with Crippen LogP contribution in [0.2, 0.25) is 0 Å². The summed E-state index contributed by atoms with van der Waals surface area (Å²) in [5, 5.41) is 0. The molecule has 0 radical (unpaired) electrons. The van der Waals surface area contributed by atoms with Crippen LogP contribution in [0, 0.1) is 11.3 Å². The van der Waals surface area contributed by atoms with Crippen LogP contribution < -0.4 is 0 Å². The van der Waals surface area contributed by atoms with Crippen LogP contribution in [-0.4, -0.2) is 6.21 Å². The van der Waals surface area contributed by atoms with Crippen molar-refractivity contribution in [2.75, 3.05) is 0 Å². The van der Waals surface area contributed by atoms with Crippen molar-refractivity contribution in [3.8, 4) is 0 Å². The fourth-order valence-electron chi connectivity index (χ4n) is 3.61. The lowest BCUT2D eigenvalue weighted by atomic mass is 9.66. The van der Waals surface area contributed by atoms with Gasteiger partial charge in [0, 0.05) is 12.4 Å². The molecule has 1 rings (SSSR count). The Kier molecular flexibility index (Phi) is 7.26. The average molecular weight is 275 g/mol. The molecule has 1 saturated carbocycles. The monoisotopic (exact) mass is 275 g/mol. The smallest absolute Gasteiger partial charge is 0.0256 e. The Morgan fingerprint density at radius 3 is 2.20 bits per heavy atom. The van der Waals surface area contributed by atoms with Crippen LogP contribution in [0.15, 0.2) is 28.4 Å². The molecule has 0 heterocycles. The maximum Gasteiger partial charge on any atom is 0.0256 e. The van der Waals surface area contributed by atoms with Gasteiger partial charge in [-0.25, -0.2) is 0 Å². The van der Waals surface area contributed by atoms with E-state index in [4.69, 9.17) is 0 Å². The highest BCUT2D eigenvalue weighted by Crippen LogP contribution is 2.46. The Labute approximate surface area is 126 Å². The largest absolute Gasteiger partial charge is 0.269 e. The minimum Gasteiger partial charge on any atom is -0.269 e. The highest BCUT2D eigenvalue weighted by Gasteiger charge is 2.32. The van der Waals surface area contributed by atoms with Gasteiger partial charge in [0.2, 0.25) is 0 Å². The molecule has 1 aliphatic rings. The Morgan fingerprint density at radius 2 is 1.75 bits per heavy atom. The fourth-order valence-corrected chi connectivity index (χ4v) is 3.61. The van der Waals surface area contributed by atoms with Crippen molar-refractivity contribution in [3.63, 3.8) is 0 Å². The molecular weight excluding hydrogens is 242 g/mol. The van der Waals surface area contributed by atoms with E-state index in [-0.39, 0.29) is 0 Å². The SMILES string of the molecule is C/C=N\C=C(\C)C/C(=C\C)C1CCC(CC)(CC)CC1. The number of hydrogen-bond donors (Lipinski definition) is 0. The molecule has 0 amide bonds. The average Bonchev–Trinajstić information content (AvgIpc) is 2.50. The normalized spacial score (nSPS) is 21.6. The number of nitrogens with zero attached hydrogens (tertiary/aromatic N) is 1. The molecule has 0 aromatic rings. The first-order valence-electron chi connectivity index (χ1n) is 8.39. The van der Waals surface area contributed by atoms with E-state index >= 15 is 0 Å². The van der Waals surface area contributed by atoms with Gasteiger partial charge in [0.1, 0.15) is 0 Å². The lowest BCUT2D eigenvalue weighted by Crippen LogP contribution is -2.27. The van der Waals surface area contributed by atoms with Gasteiger partial charge >= 0.3 is 0 Å². The van der Waals surface area contributed by atoms with Gasteiger partial charge in [-0.2, -0.15) is 0 Å². The molecule has 0 aromatic carbocycles. The molecule has 20 heavy (non-hydrogen) atoms. The summed E-state index contributed by atoms with van der Waals surface area (Å²) >= 11 is 0. The lowest BCUT2D eigenvalue weighted by molar-refractivity contribution is 0.147. The predicted octanol–water partition coefficient (Wildman–Crippen LogP) is 6.31. The summed E-state index contributed by atoms with van der Waals surface area (Å²) in [5.41, 5.74) is 3.65. The summed E-state index contributed by atoms with van der Waals surface area (Å²) in [7, 11) is 0. The molecule has 0 atom stereocenters. The molecule has 1 aliphatic carbocycles. The molecule has 0 saturated heterocycles. The molecular formula is C19H33N. The van der Waals surface area contributed by atoms with Gasteiger partial charge in [0.25, 0.3) is 0 Å². The number of rotatable bonds is 6. The van der Waals surface area contributed by atoms with Crippen molar-refractivity contribution in [1.82, 2.24) is 0 Å². The van der Waals surface area contributed by atoms with E-state index in [1.807, 2.05) is 19.3 Å². The molecule has 114 valence electrons. The van der Waals surface area contributed by atoms with Crippen LogP contribution in [-0.2, 0) is 0 Å². The number of hydrogen-bond acceptors (Lipinski definition) is 1. The second-order valence-corrected chi connectivity index (χ2v) is 6.40. The molecule has 1 fully saturated rings. The van der Waals surface area contributed by atoms with Crippen molar-refractivity contribution < 1.29 is 0 Å². The van der Waals surface area contributed by atoms with Crippen molar-refractivity contribution >= 4 is 6.21 Å². The van der Waals surface area contributed by atoms with Gasteiger partial charge in [-0.3, -0.25) is 4.99 Å². The standard InChI is InChI=1S/C19H33N/c1-6-17(14-16(5)15-20-9-4)18-10-12-19(7-2,8-3)13-11-18/h6,9,15,18H,7-8,10-14H2,1-5H3/b16-15-,17-6+,20-9-. The summed E-state index contributed by atoms with van der Waals surface area (Å²) < 4.78 is 0. The molecule has 1 nitrogen and oxygen atoms in total. The maximum atomic E-state index is 4.24. The third-order valence-corrected chi connectivity index (χ3v) is 5.37. The summed E-state index contributed by atoms with van der Waals surface area (Å²) in [6.45, 7) is 11.1. The Bertz CT molecular complexity index is 359. The van der Waals surface area contributed by atoms with Crippen LogP contribution in [0.25, 0.3) is 0 Å². The van der Waals surface area contributed by atoms with E-state index < -0.39 is 0 Å². The molecule has 1 heteroatoms. The van der Waals surface area contributed by atoms with E-state index in [1.165, 1.54) is 44.1 Å². The molecule has 0 aliphatic heterocycles. The Morgan fingerprint density at radius 1 is 1.15 bits per heavy atom. The summed E-state index contributed by atoms with van der Waals surface area (Å²) in [6.07, 6.45) is 15.6. The van der Waals surface area contributed by atoms with Gasteiger partial charge in [-0.1, -0.05) is 43.9 Å². The minimum atomic E-state index is 0.646. The second kappa shape index (κ2) is 8.44. The van der Waals surface area contributed by atoms with E-state index in [2.05, 4.69) is 38.8 Å². The summed E-state index contributed by atoms with van der Waals surface area (Å²) in [4.78, 5) is 4.24. The van der Waals surface area contributed by atoms with Gasteiger partial charge in [-0.05, 0) is 64.2 Å². The Balaban J connectivity index is 2.62. The van der Waals surface area contributed by atoms with Crippen molar-refractivity contribution in [2.45, 2.75) is 79.6 Å².